The van der Waals surface area contributed by atoms with E-state index in [1.807, 2.05) is 12.3 Å². The molecule has 0 fully saturated rings. The largest absolute Gasteiger partial charge is 0.480 e. The maximum absolute atomic E-state index is 11.8. The molecule has 6 nitrogen and oxygen atoms in total. The number of carbonyl (C=O) groups excluding carboxylic acids is 1. The number of carbonyl (C=O) groups is 2. The highest BCUT2D eigenvalue weighted by molar-refractivity contribution is 7.09. The van der Waals surface area contributed by atoms with Crippen LogP contribution in [0.5, 0.6) is 0 Å². The maximum Gasteiger partial charge on any atom is 0.326 e. The van der Waals surface area contributed by atoms with E-state index in [2.05, 4.69) is 15.6 Å². The van der Waals surface area contributed by atoms with E-state index < -0.39 is 18.0 Å². The zero-order chi connectivity index (χ0) is 14.4. The molecular formula is C12H19N3O3S. The fourth-order valence-electron chi connectivity index (χ4n) is 1.57. The summed E-state index contributed by atoms with van der Waals surface area (Å²) < 4.78 is 0. The molecule has 3 atom stereocenters. The molecular weight excluding hydrogens is 266 g/mol. The molecule has 0 aliphatic heterocycles. The summed E-state index contributed by atoms with van der Waals surface area (Å²) in [5.74, 6) is -1.15. The predicted octanol–water partition coefficient (Wildman–Crippen LogP) is 2.00. The van der Waals surface area contributed by atoms with Crippen LogP contribution in [0.25, 0.3) is 0 Å². The van der Waals surface area contributed by atoms with Crippen molar-refractivity contribution in [3.8, 4) is 0 Å². The lowest BCUT2D eigenvalue weighted by Gasteiger charge is -2.21. The van der Waals surface area contributed by atoms with Crippen LogP contribution in [0.3, 0.4) is 0 Å². The van der Waals surface area contributed by atoms with Gasteiger partial charge in [-0.15, -0.1) is 11.3 Å². The van der Waals surface area contributed by atoms with Crippen LogP contribution in [0.15, 0.2) is 11.6 Å². The number of nitrogens with zero attached hydrogens (tertiary/aromatic N) is 1. The van der Waals surface area contributed by atoms with E-state index in [4.69, 9.17) is 5.11 Å². The van der Waals surface area contributed by atoms with Crippen LogP contribution < -0.4 is 10.6 Å². The second-order valence-electron chi connectivity index (χ2n) is 4.41. The first kappa shape index (κ1) is 15.4. The van der Waals surface area contributed by atoms with Crippen LogP contribution in [0.4, 0.5) is 4.79 Å². The predicted molar refractivity (Wildman–Crippen MR) is 73.1 cm³/mol. The van der Waals surface area contributed by atoms with Gasteiger partial charge in [0.15, 0.2) is 0 Å². The molecule has 0 saturated carbocycles. The lowest BCUT2D eigenvalue weighted by molar-refractivity contribution is -0.140. The van der Waals surface area contributed by atoms with Gasteiger partial charge in [-0.25, -0.2) is 14.6 Å². The highest BCUT2D eigenvalue weighted by Crippen LogP contribution is 2.14. The standard InChI is InChI=1S/C12H19N3O3S/c1-4-7(2)9(11(16)17)15-12(18)14-8(3)10-13-5-6-19-10/h5-9H,4H2,1-3H3,(H,16,17)(H2,14,15,18). The first-order valence-corrected chi connectivity index (χ1v) is 7.02. The van der Waals surface area contributed by atoms with E-state index in [-0.39, 0.29) is 12.0 Å². The van der Waals surface area contributed by atoms with Crippen LogP contribution in [0, 0.1) is 5.92 Å². The van der Waals surface area contributed by atoms with Crippen LogP contribution in [-0.4, -0.2) is 28.1 Å². The quantitative estimate of drug-likeness (QED) is 0.745. The van der Waals surface area contributed by atoms with E-state index in [1.165, 1.54) is 11.3 Å². The highest BCUT2D eigenvalue weighted by Gasteiger charge is 2.25. The number of thiazole rings is 1. The molecule has 106 valence electrons. The monoisotopic (exact) mass is 285 g/mol. The van der Waals surface area contributed by atoms with Gasteiger partial charge in [-0.05, 0) is 12.8 Å². The molecule has 1 aromatic rings. The van der Waals surface area contributed by atoms with Crippen molar-refractivity contribution < 1.29 is 14.7 Å². The first-order valence-electron chi connectivity index (χ1n) is 6.14. The van der Waals surface area contributed by atoms with Crippen molar-refractivity contribution in [2.75, 3.05) is 0 Å². The lowest BCUT2D eigenvalue weighted by Crippen LogP contribution is -2.49. The van der Waals surface area contributed by atoms with E-state index in [1.54, 1.807) is 20.0 Å². The van der Waals surface area contributed by atoms with Gasteiger partial charge < -0.3 is 15.7 Å². The highest BCUT2D eigenvalue weighted by atomic mass is 32.1. The van der Waals surface area contributed by atoms with Crippen LogP contribution in [0.1, 0.15) is 38.2 Å². The lowest BCUT2D eigenvalue weighted by atomic mass is 9.99. The minimum absolute atomic E-state index is 0.126. The number of nitrogens with one attached hydrogen (secondary N) is 2. The molecule has 19 heavy (non-hydrogen) atoms. The molecule has 1 aromatic heterocycles. The summed E-state index contributed by atoms with van der Waals surface area (Å²) in [5.41, 5.74) is 0. The molecule has 0 aromatic carbocycles. The zero-order valence-corrected chi connectivity index (χ0v) is 12.0. The maximum atomic E-state index is 11.8. The van der Waals surface area contributed by atoms with E-state index in [0.29, 0.717) is 6.42 Å². The summed E-state index contributed by atoms with van der Waals surface area (Å²) in [4.78, 5) is 27.0. The van der Waals surface area contributed by atoms with Crippen molar-refractivity contribution in [1.29, 1.82) is 0 Å². The summed E-state index contributed by atoms with van der Waals surface area (Å²) in [5, 5.41) is 16.9. The third-order valence-corrected chi connectivity index (χ3v) is 3.89. The minimum Gasteiger partial charge on any atom is -0.480 e. The molecule has 0 aliphatic carbocycles. The van der Waals surface area contributed by atoms with Crippen molar-refractivity contribution in [1.82, 2.24) is 15.6 Å². The Morgan fingerprint density at radius 1 is 1.42 bits per heavy atom. The molecule has 1 rings (SSSR count). The zero-order valence-electron chi connectivity index (χ0n) is 11.2. The number of aliphatic carboxylic acids is 1. The van der Waals surface area contributed by atoms with Gasteiger partial charge in [-0.2, -0.15) is 0 Å². The Morgan fingerprint density at radius 2 is 2.11 bits per heavy atom. The molecule has 3 unspecified atom stereocenters. The summed E-state index contributed by atoms with van der Waals surface area (Å²) in [6.45, 7) is 5.49. The molecule has 2 amide bonds. The van der Waals surface area contributed by atoms with E-state index in [0.717, 1.165) is 5.01 Å². The average molecular weight is 285 g/mol. The number of carboxylic acids is 1. The smallest absolute Gasteiger partial charge is 0.326 e. The second kappa shape index (κ2) is 7.08. The molecule has 0 bridgehead atoms. The fourth-order valence-corrected chi connectivity index (χ4v) is 2.22. The van der Waals surface area contributed by atoms with Gasteiger partial charge in [0.05, 0.1) is 6.04 Å². The number of amides is 2. The van der Waals surface area contributed by atoms with E-state index in [9.17, 15) is 9.59 Å². The summed E-state index contributed by atoms with van der Waals surface area (Å²) >= 11 is 1.44. The molecule has 0 radical (unpaired) electrons. The topological polar surface area (TPSA) is 91.3 Å². The Morgan fingerprint density at radius 3 is 2.58 bits per heavy atom. The number of carboxylic acid groups (broad SMARTS) is 1. The molecule has 0 saturated heterocycles. The normalized spacial score (nSPS) is 15.3. The number of hydrogen-bond acceptors (Lipinski definition) is 4. The fraction of sp³-hybridized carbons (Fsp3) is 0.583. The Labute approximate surface area is 116 Å². The average Bonchev–Trinajstić information content (AvgIpc) is 2.88. The molecule has 1 heterocycles. The van der Waals surface area contributed by atoms with Gasteiger partial charge in [-0.3, -0.25) is 0 Å². The third-order valence-electron chi connectivity index (χ3n) is 2.94. The summed E-state index contributed by atoms with van der Waals surface area (Å²) in [7, 11) is 0. The Kier molecular flexibility index (Phi) is 5.75. The molecule has 7 heteroatoms. The van der Waals surface area contributed by atoms with Gasteiger partial charge >= 0.3 is 12.0 Å². The van der Waals surface area contributed by atoms with Gasteiger partial charge in [0.25, 0.3) is 0 Å². The van der Waals surface area contributed by atoms with Crippen LogP contribution in [-0.2, 0) is 4.79 Å². The van der Waals surface area contributed by atoms with E-state index >= 15 is 0 Å². The van der Waals surface area contributed by atoms with Crippen molar-refractivity contribution in [2.24, 2.45) is 5.92 Å². The van der Waals surface area contributed by atoms with Crippen molar-refractivity contribution in [2.45, 2.75) is 39.3 Å². The first-order chi connectivity index (χ1) is 8.95. The number of rotatable bonds is 6. The van der Waals surface area contributed by atoms with Crippen molar-refractivity contribution in [3.05, 3.63) is 16.6 Å². The minimum atomic E-state index is -1.02. The van der Waals surface area contributed by atoms with Crippen LogP contribution >= 0.6 is 11.3 Å². The third kappa shape index (κ3) is 4.51. The molecule has 0 aliphatic rings. The number of hydrogen-bond donors (Lipinski definition) is 3. The molecule has 0 spiro atoms. The Balaban J connectivity index is 2.56. The van der Waals surface area contributed by atoms with Crippen molar-refractivity contribution in [3.63, 3.8) is 0 Å². The number of urea groups is 1. The van der Waals surface area contributed by atoms with Gasteiger partial charge in [0, 0.05) is 11.6 Å². The Hall–Kier alpha value is -1.63. The van der Waals surface area contributed by atoms with Crippen molar-refractivity contribution >= 4 is 23.3 Å². The molecule has 3 N–H and O–H groups in total. The van der Waals surface area contributed by atoms with Gasteiger partial charge in [0.1, 0.15) is 11.0 Å². The summed E-state index contributed by atoms with van der Waals surface area (Å²) in [6.07, 6.45) is 2.34. The summed E-state index contributed by atoms with van der Waals surface area (Å²) in [6, 6.07) is -1.62. The Bertz CT molecular complexity index is 422. The second-order valence-corrected chi connectivity index (χ2v) is 5.34. The van der Waals surface area contributed by atoms with Crippen LogP contribution in [0.2, 0.25) is 0 Å². The van der Waals surface area contributed by atoms with Gasteiger partial charge in [-0.1, -0.05) is 20.3 Å². The van der Waals surface area contributed by atoms with Gasteiger partial charge in [0.2, 0.25) is 0 Å². The SMILES string of the molecule is CCC(C)C(NC(=O)NC(C)c1nccs1)C(=O)O. The number of aromatic nitrogens is 1.